The topological polar surface area (TPSA) is 81.9 Å². The van der Waals surface area contributed by atoms with Crippen molar-refractivity contribution < 1.29 is 9.59 Å². The summed E-state index contributed by atoms with van der Waals surface area (Å²) in [5, 5.41) is 3.06. The van der Waals surface area contributed by atoms with E-state index >= 15 is 0 Å². The van der Waals surface area contributed by atoms with E-state index in [-0.39, 0.29) is 5.91 Å². The lowest BCUT2D eigenvalue weighted by atomic mass is 10.1. The fourth-order valence-electron chi connectivity index (χ4n) is 4.91. The molecule has 1 heterocycles. The van der Waals surface area contributed by atoms with E-state index in [1.165, 1.54) is 11.3 Å². The van der Waals surface area contributed by atoms with E-state index in [0.29, 0.717) is 24.7 Å². The molecule has 7 nitrogen and oxygen atoms in total. The van der Waals surface area contributed by atoms with E-state index in [9.17, 15) is 9.59 Å². The van der Waals surface area contributed by atoms with Crippen molar-refractivity contribution in [3.05, 3.63) is 95.6 Å². The molecule has 3 aromatic rings. The summed E-state index contributed by atoms with van der Waals surface area (Å²) in [6.07, 6.45) is 2.22. The summed E-state index contributed by atoms with van der Waals surface area (Å²) in [4.78, 5) is 31.3. The minimum absolute atomic E-state index is 0.0112. The lowest BCUT2D eigenvalue weighted by Gasteiger charge is -2.36. The van der Waals surface area contributed by atoms with Crippen LogP contribution < -0.4 is 16.0 Å². The van der Waals surface area contributed by atoms with Gasteiger partial charge in [-0.25, -0.2) is 0 Å². The average molecular weight is 498 g/mol. The van der Waals surface area contributed by atoms with Crippen molar-refractivity contribution in [2.45, 2.75) is 32.0 Å². The highest BCUT2D eigenvalue weighted by molar-refractivity contribution is 5.93. The zero-order valence-electron chi connectivity index (χ0n) is 21.2. The number of hydrogen-bond acceptors (Lipinski definition) is 5. The zero-order chi connectivity index (χ0) is 25.6. The third-order valence-corrected chi connectivity index (χ3v) is 7.17. The highest BCUT2D eigenvalue weighted by atomic mass is 16.2. The summed E-state index contributed by atoms with van der Waals surface area (Å²) in [7, 11) is 0. The smallest absolute Gasteiger partial charge is 0.248 e. The Labute approximate surface area is 218 Å². The number of nitrogens with zero attached hydrogens (tertiary/aromatic N) is 3. The fraction of sp³-hybridized carbons (Fsp3) is 0.333. The van der Waals surface area contributed by atoms with Gasteiger partial charge in [-0.2, -0.15) is 0 Å². The van der Waals surface area contributed by atoms with Crippen LogP contribution in [-0.4, -0.2) is 60.4 Å². The minimum Gasteiger partial charge on any atom is -0.369 e. The minimum atomic E-state index is -0.429. The Balaban J connectivity index is 1.10. The van der Waals surface area contributed by atoms with Crippen LogP contribution in [0.1, 0.15) is 34.3 Å². The first-order chi connectivity index (χ1) is 18.0. The molecule has 2 amide bonds. The van der Waals surface area contributed by atoms with Gasteiger partial charge in [0.05, 0.1) is 6.54 Å². The maximum Gasteiger partial charge on any atom is 0.248 e. The Morgan fingerprint density at radius 3 is 2.14 bits per heavy atom. The third kappa shape index (κ3) is 6.96. The van der Waals surface area contributed by atoms with Gasteiger partial charge in [0, 0.05) is 62.2 Å². The molecule has 0 unspecified atom stereocenters. The van der Waals surface area contributed by atoms with Gasteiger partial charge in [-0.1, -0.05) is 42.5 Å². The van der Waals surface area contributed by atoms with Gasteiger partial charge in [0.15, 0.2) is 0 Å². The first-order valence-electron chi connectivity index (χ1n) is 13.1. The number of carbonyl (C=O) groups excluding carboxylic acids is 2. The number of rotatable bonds is 10. The zero-order valence-corrected chi connectivity index (χ0v) is 21.2. The van der Waals surface area contributed by atoms with Crippen LogP contribution in [0.15, 0.2) is 78.9 Å². The van der Waals surface area contributed by atoms with Crippen LogP contribution in [0.2, 0.25) is 0 Å². The molecule has 7 heteroatoms. The molecule has 0 spiro atoms. The van der Waals surface area contributed by atoms with Crippen molar-refractivity contribution >= 4 is 23.2 Å². The quantitative estimate of drug-likeness (QED) is 0.446. The second-order valence-corrected chi connectivity index (χ2v) is 10.0. The molecule has 1 aliphatic heterocycles. The van der Waals surface area contributed by atoms with Gasteiger partial charge >= 0.3 is 0 Å². The lowest BCUT2D eigenvalue weighted by Crippen LogP contribution is -2.45. The molecule has 3 N–H and O–H groups in total. The van der Waals surface area contributed by atoms with Crippen LogP contribution in [-0.2, 0) is 17.9 Å². The number of nitrogens with two attached hydrogens (primary N) is 1. The predicted molar refractivity (Wildman–Crippen MR) is 147 cm³/mol. The van der Waals surface area contributed by atoms with Crippen molar-refractivity contribution in [3.63, 3.8) is 0 Å². The summed E-state index contributed by atoms with van der Waals surface area (Å²) in [6.45, 7) is 6.08. The molecule has 1 aliphatic carbocycles. The summed E-state index contributed by atoms with van der Waals surface area (Å²) in [5.74, 6) is -0.441. The largest absolute Gasteiger partial charge is 0.369 e. The van der Waals surface area contributed by atoms with Crippen molar-refractivity contribution in [1.82, 2.24) is 9.80 Å². The highest BCUT2D eigenvalue weighted by Gasteiger charge is 2.30. The van der Waals surface area contributed by atoms with Gasteiger partial charge in [0.2, 0.25) is 11.8 Å². The molecule has 1 saturated carbocycles. The molecule has 2 aliphatic rings. The maximum absolute atomic E-state index is 12.8. The van der Waals surface area contributed by atoms with Gasteiger partial charge < -0.3 is 16.0 Å². The summed E-state index contributed by atoms with van der Waals surface area (Å²) in [5.41, 5.74) is 10.3. The summed E-state index contributed by atoms with van der Waals surface area (Å²) < 4.78 is 0. The van der Waals surface area contributed by atoms with Gasteiger partial charge in [-0.15, -0.1) is 0 Å². The number of amides is 2. The maximum atomic E-state index is 12.8. The van der Waals surface area contributed by atoms with E-state index in [1.807, 2.05) is 24.3 Å². The Bertz CT molecular complexity index is 1180. The van der Waals surface area contributed by atoms with E-state index in [1.54, 1.807) is 12.1 Å². The van der Waals surface area contributed by atoms with Crippen molar-refractivity contribution in [1.29, 1.82) is 0 Å². The van der Waals surface area contributed by atoms with Crippen LogP contribution in [0.4, 0.5) is 11.4 Å². The molecule has 0 radical (unpaired) electrons. The first-order valence-corrected chi connectivity index (χ1v) is 13.1. The SMILES string of the molecule is NC(=O)c1ccc(CN(CC(=O)Nc2ccc(N3CCN(Cc4ccccc4)CC3)cc2)C2CC2)cc1. The number of primary amides is 1. The van der Waals surface area contributed by atoms with E-state index in [0.717, 1.165) is 56.8 Å². The molecule has 3 aromatic carbocycles. The first kappa shape index (κ1) is 25.0. The van der Waals surface area contributed by atoms with Gasteiger partial charge in [0.1, 0.15) is 0 Å². The monoisotopic (exact) mass is 497 g/mol. The number of benzene rings is 3. The molecule has 0 aromatic heterocycles. The van der Waals surface area contributed by atoms with Crippen molar-refractivity contribution in [2.75, 3.05) is 42.9 Å². The Morgan fingerprint density at radius 1 is 0.838 bits per heavy atom. The second kappa shape index (κ2) is 11.6. The average Bonchev–Trinajstić information content (AvgIpc) is 3.76. The molecule has 0 atom stereocenters. The van der Waals surface area contributed by atoms with Gasteiger partial charge in [0.25, 0.3) is 0 Å². The van der Waals surface area contributed by atoms with Gasteiger partial charge in [-0.3, -0.25) is 19.4 Å². The molecule has 2 fully saturated rings. The van der Waals surface area contributed by atoms with E-state index in [4.69, 9.17) is 5.73 Å². The van der Waals surface area contributed by atoms with E-state index < -0.39 is 5.91 Å². The molecule has 1 saturated heterocycles. The summed E-state index contributed by atoms with van der Waals surface area (Å²) in [6, 6.07) is 26.6. The predicted octanol–water partition coefficient (Wildman–Crippen LogP) is 3.71. The molecule has 192 valence electrons. The molecule has 37 heavy (non-hydrogen) atoms. The van der Waals surface area contributed by atoms with Gasteiger partial charge in [-0.05, 0) is 60.4 Å². The number of nitrogens with one attached hydrogen (secondary N) is 1. The highest BCUT2D eigenvalue weighted by Crippen LogP contribution is 2.28. The Hall–Kier alpha value is -3.68. The van der Waals surface area contributed by atoms with Crippen LogP contribution in [0.5, 0.6) is 0 Å². The second-order valence-electron chi connectivity index (χ2n) is 10.0. The summed E-state index contributed by atoms with van der Waals surface area (Å²) >= 11 is 0. The molecule has 5 rings (SSSR count). The Kier molecular flexibility index (Phi) is 7.82. The van der Waals surface area contributed by atoms with Crippen LogP contribution in [0.3, 0.4) is 0 Å². The van der Waals surface area contributed by atoms with Crippen molar-refractivity contribution in [2.24, 2.45) is 5.73 Å². The Morgan fingerprint density at radius 2 is 1.51 bits per heavy atom. The number of anilines is 2. The fourth-order valence-corrected chi connectivity index (χ4v) is 4.91. The van der Waals surface area contributed by atoms with Crippen LogP contribution >= 0.6 is 0 Å². The van der Waals surface area contributed by atoms with Crippen LogP contribution in [0, 0.1) is 0 Å². The number of piperazine rings is 1. The molecular formula is C30H35N5O2. The van der Waals surface area contributed by atoms with E-state index in [2.05, 4.69) is 62.5 Å². The molecule has 0 bridgehead atoms. The third-order valence-electron chi connectivity index (χ3n) is 7.17. The molecular weight excluding hydrogens is 462 g/mol. The lowest BCUT2D eigenvalue weighted by molar-refractivity contribution is -0.117. The number of carbonyl (C=O) groups is 2. The van der Waals surface area contributed by atoms with Crippen molar-refractivity contribution in [3.8, 4) is 0 Å². The van der Waals surface area contributed by atoms with Crippen LogP contribution in [0.25, 0.3) is 0 Å². The normalized spacial score (nSPS) is 16.1. The number of hydrogen-bond donors (Lipinski definition) is 2. The standard InChI is InChI=1S/C30H35N5O2/c31-30(37)25-8-6-24(7-9-25)21-35(28-14-15-28)22-29(36)32-26-10-12-27(13-11-26)34-18-16-33(17-19-34)20-23-4-2-1-3-5-23/h1-13,28H,14-22H2,(H2,31,37)(H,32,36).